The van der Waals surface area contributed by atoms with E-state index in [4.69, 9.17) is 11.6 Å². The lowest BCUT2D eigenvalue weighted by Crippen LogP contribution is -2.22. The molecule has 0 aliphatic rings. The zero-order valence-electron chi connectivity index (χ0n) is 10.9. The Balaban J connectivity index is 2.33. The van der Waals surface area contributed by atoms with Crippen molar-refractivity contribution in [2.75, 3.05) is 6.54 Å². The third kappa shape index (κ3) is 2.76. The van der Waals surface area contributed by atoms with E-state index in [0.717, 1.165) is 17.3 Å². The van der Waals surface area contributed by atoms with E-state index in [9.17, 15) is 0 Å². The fraction of sp³-hybridized carbons (Fsp3) is 0.462. The Kier molecular flexibility index (Phi) is 4.43. The molecule has 98 valence electrons. The standard InChI is InChI=1S/C13H18ClN3S/c1-4-7-15-13(11-5-6-12(14)18-11)10-8-16-17(3)9(10)2/h5-6,8,13,15H,4,7H2,1-3H3. The van der Waals surface area contributed by atoms with Gasteiger partial charge in [0.2, 0.25) is 0 Å². The van der Waals surface area contributed by atoms with Gasteiger partial charge < -0.3 is 5.32 Å². The first-order chi connectivity index (χ1) is 8.63. The number of hydrogen-bond donors (Lipinski definition) is 1. The monoisotopic (exact) mass is 283 g/mol. The third-order valence-corrected chi connectivity index (χ3v) is 4.36. The minimum Gasteiger partial charge on any atom is -0.305 e. The van der Waals surface area contributed by atoms with Crippen LogP contribution in [0, 0.1) is 6.92 Å². The van der Waals surface area contributed by atoms with Crippen molar-refractivity contribution in [3.8, 4) is 0 Å². The van der Waals surface area contributed by atoms with Gasteiger partial charge in [0.25, 0.3) is 0 Å². The lowest BCUT2D eigenvalue weighted by Gasteiger charge is -2.17. The van der Waals surface area contributed by atoms with Crippen molar-refractivity contribution in [2.45, 2.75) is 26.3 Å². The summed E-state index contributed by atoms with van der Waals surface area (Å²) >= 11 is 7.67. The highest BCUT2D eigenvalue weighted by Gasteiger charge is 2.19. The van der Waals surface area contributed by atoms with Gasteiger partial charge >= 0.3 is 0 Å². The smallest absolute Gasteiger partial charge is 0.0931 e. The number of hydrogen-bond acceptors (Lipinski definition) is 3. The average molecular weight is 284 g/mol. The molecule has 0 saturated heterocycles. The molecule has 0 amide bonds. The van der Waals surface area contributed by atoms with Gasteiger partial charge in [-0.2, -0.15) is 5.10 Å². The highest BCUT2D eigenvalue weighted by atomic mass is 35.5. The van der Waals surface area contributed by atoms with Crippen LogP contribution in [0.5, 0.6) is 0 Å². The zero-order valence-corrected chi connectivity index (χ0v) is 12.5. The molecule has 0 aliphatic carbocycles. The van der Waals surface area contributed by atoms with Gasteiger partial charge in [0.15, 0.2) is 0 Å². The fourth-order valence-corrected chi connectivity index (χ4v) is 3.09. The summed E-state index contributed by atoms with van der Waals surface area (Å²) in [6.45, 7) is 5.24. The van der Waals surface area contributed by atoms with E-state index in [1.165, 1.54) is 16.1 Å². The van der Waals surface area contributed by atoms with Crippen LogP contribution in [0.2, 0.25) is 4.34 Å². The Labute approximate surface area is 117 Å². The van der Waals surface area contributed by atoms with E-state index in [1.54, 1.807) is 11.3 Å². The summed E-state index contributed by atoms with van der Waals surface area (Å²) < 4.78 is 2.74. The van der Waals surface area contributed by atoms with Gasteiger partial charge in [-0.25, -0.2) is 0 Å². The van der Waals surface area contributed by atoms with E-state index in [0.29, 0.717) is 0 Å². The van der Waals surface area contributed by atoms with Gasteiger partial charge in [0.1, 0.15) is 0 Å². The Morgan fingerprint density at radius 1 is 1.50 bits per heavy atom. The summed E-state index contributed by atoms with van der Waals surface area (Å²) in [5, 5.41) is 7.89. The molecule has 0 radical (unpaired) electrons. The summed E-state index contributed by atoms with van der Waals surface area (Å²) in [6, 6.07) is 4.23. The van der Waals surface area contributed by atoms with Crippen molar-refractivity contribution in [2.24, 2.45) is 7.05 Å². The van der Waals surface area contributed by atoms with Crippen LogP contribution in [0.4, 0.5) is 0 Å². The normalized spacial score (nSPS) is 12.9. The molecule has 5 heteroatoms. The molecule has 0 spiro atoms. The number of aryl methyl sites for hydroxylation is 1. The van der Waals surface area contributed by atoms with Crippen molar-refractivity contribution < 1.29 is 0 Å². The summed E-state index contributed by atoms with van der Waals surface area (Å²) in [4.78, 5) is 1.24. The van der Waals surface area contributed by atoms with Crippen LogP contribution in [0.3, 0.4) is 0 Å². The van der Waals surface area contributed by atoms with E-state index in [2.05, 4.69) is 30.3 Å². The maximum atomic E-state index is 6.04. The Morgan fingerprint density at radius 3 is 2.78 bits per heavy atom. The molecule has 1 N–H and O–H groups in total. The predicted octanol–water partition coefficient (Wildman–Crippen LogP) is 3.53. The first-order valence-corrected chi connectivity index (χ1v) is 7.30. The lowest BCUT2D eigenvalue weighted by atomic mass is 10.1. The number of nitrogens with zero attached hydrogens (tertiary/aromatic N) is 2. The lowest BCUT2D eigenvalue weighted by molar-refractivity contribution is 0.601. The molecule has 0 bridgehead atoms. The van der Waals surface area contributed by atoms with Gasteiger partial charge in [0, 0.05) is 23.2 Å². The quantitative estimate of drug-likeness (QED) is 0.910. The van der Waals surface area contributed by atoms with Crippen LogP contribution in [0.15, 0.2) is 18.3 Å². The minimum atomic E-state index is 0.191. The van der Waals surface area contributed by atoms with E-state index < -0.39 is 0 Å². The first-order valence-electron chi connectivity index (χ1n) is 6.10. The van der Waals surface area contributed by atoms with Crippen LogP contribution in [0.25, 0.3) is 0 Å². The summed E-state index contributed by atoms with van der Waals surface area (Å²) in [7, 11) is 1.97. The highest BCUT2D eigenvalue weighted by molar-refractivity contribution is 7.16. The van der Waals surface area contributed by atoms with Gasteiger partial charge in [-0.3, -0.25) is 4.68 Å². The first kappa shape index (κ1) is 13.6. The van der Waals surface area contributed by atoms with Crippen LogP contribution in [-0.4, -0.2) is 16.3 Å². The van der Waals surface area contributed by atoms with Crippen LogP contribution < -0.4 is 5.32 Å². The summed E-state index contributed by atoms with van der Waals surface area (Å²) in [5.74, 6) is 0. The van der Waals surface area contributed by atoms with Crippen molar-refractivity contribution in [1.29, 1.82) is 0 Å². The average Bonchev–Trinajstić information content (AvgIpc) is 2.90. The number of nitrogens with one attached hydrogen (secondary N) is 1. The Morgan fingerprint density at radius 2 is 2.28 bits per heavy atom. The third-order valence-electron chi connectivity index (χ3n) is 3.06. The van der Waals surface area contributed by atoms with Gasteiger partial charge in [-0.05, 0) is 32.0 Å². The van der Waals surface area contributed by atoms with E-state index >= 15 is 0 Å². The van der Waals surface area contributed by atoms with E-state index in [-0.39, 0.29) is 6.04 Å². The second-order valence-electron chi connectivity index (χ2n) is 4.34. The number of thiophene rings is 1. The molecule has 2 rings (SSSR count). The molecular formula is C13H18ClN3S. The molecule has 2 aromatic rings. The SMILES string of the molecule is CCCNC(c1ccc(Cl)s1)c1cnn(C)c1C. The van der Waals surface area contributed by atoms with Crippen molar-refractivity contribution >= 4 is 22.9 Å². The molecule has 0 fully saturated rings. The molecule has 0 aliphatic heterocycles. The molecule has 2 aromatic heterocycles. The molecule has 1 unspecified atom stereocenters. The number of halogens is 1. The highest BCUT2D eigenvalue weighted by Crippen LogP contribution is 2.32. The number of aromatic nitrogens is 2. The molecule has 3 nitrogen and oxygen atoms in total. The van der Waals surface area contributed by atoms with Crippen LogP contribution in [0.1, 0.15) is 35.5 Å². The second kappa shape index (κ2) is 5.87. The van der Waals surface area contributed by atoms with Gasteiger partial charge in [-0.1, -0.05) is 18.5 Å². The zero-order chi connectivity index (χ0) is 13.1. The molecule has 2 heterocycles. The topological polar surface area (TPSA) is 29.9 Å². The van der Waals surface area contributed by atoms with Crippen molar-refractivity contribution in [3.63, 3.8) is 0 Å². The largest absolute Gasteiger partial charge is 0.305 e. The Bertz CT molecular complexity index is 518. The van der Waals surface area contributed by atoms with Crippen LogP contribution in [-0.2, 0) is 7.05 Å². The van der Waals surface area contributed by atoms with E-state index in [1.807, 2.05) is 24.0 Å². The van der Waals surface area contributed by atoms with Gasteiger partial charge in [0.05, 0.1) is 16.6 Å². The second-order valence-corrected chi connectivity index (χ2v) is 6.08. The summed E-state index contributed by atoms with van der Waals surface area (Å²) in [5.41, 5.74) is 2.41. The fourth-order valence-electron chi connectivity index (χ4n) is 1.93. The Hall–Kier alpha value is -0.840. The van der Waals surface area contributed by atoms with Crippen molar-refractivity contribution in [1.82, 2.24) is 15.1 Å². The molecular weight excluding hydrogens is 266 g/mol. The molecule has 18 heavy (non-hydrogen) atoms. The maximum Gasteiger partial charge on any atom is 0.0931 e. The van der Waals surface area contributed by atoms with Gasteiger partial charge in [-0.15, -0.1) is 11.3 Å². The summed E-state index contributed by atoms with van der Waals surface area (Å²) in [6.07, 6.45) is 3.05. The van der Waals surface area contributed by atoms with Crippen molar-refractivity contribution in [3.05, 3.63) is 38.8 Å². The molecule has 0 saturated carbocycles. The molecule has 1 atom stereocenters. The number of rotatable bonds is 5. The predicted molar refractivity (Wildman–Crippen MR) is 77.4 cm³/mol. The minimum absolute atomic E-state index is 0.191. The molecule has 0 aromatic carbocycles. The van der Waals surface area contributed by atoms with Crippen LogP contribution >= 0.6 is 22.9 Å². The maximum absolute atomic E-state index is 6.04.